The molecule has 0 saturated heterocycles. The number of alkyl halides is 1. The molecule has 0 amide bonds. The molecule has 0 N–H and O–H groups in total. The van der Waals surface area contributed by atoms with Crippen molar-refractivity contribution in [2.45, 2.75) is 31.7 Å². The van der Waals surface area contributed by atoms with Crippen LogP contribution < -0.4 is 0 Å². The highest BCUT2D eigenvalue weighted by Crippen LogP contribution is 2.44. The van der Waals surface area contributed by atoms with Crippen molar-refractivity contribution in [1.82, 2.24) is 14.8 Å². The molecule has 0 saturated carbocycles. The van der Waals surface area contributed by atoms with Crippen LogP contribution in [0.5, 0.6) is 0 Å². The van der Waals surface area contributed by atoms with E-state index in [1.807, 2.05) is 6.92 Å². The zero-order chi connectivity index (χ0) is 15.5. The molecule has 1 aromatic carbocycles. The predicted molar refractivity (Wildman–Crippen MR) is 80.2 cm³/mol. The van der Waals surface area contributed by atoms with Gasteiger partial charge in [0.05, 0.1) is 0 Å². The summed E-state index contributed by atoms with van der Waals surface area (Å²) in [5.41, 5.74) is -0.703. The molecule has 1 aromatic heterocycles. The number of nitrogens with zero attached hydrogens (tertiary/aromatic N) is 3. The van der Waals surface area contributed by atoms with Crippen molar-refractivity contribution in [2.24, 2.45) is 0 Å². The molecule has 2 rings (SSSR count). The van der Waals surface area contributed by atoms with Gasteiger partial charge >= 0.3 is 0 Å². The minimum atomic E-state index is -1.55. The van der Waals surface area contributed by atoms with Crippen molar-refractivity contribution in [3.63, 3.8) is 0 Å². The Bertz CT molecular complexity index is 594. The fourth-order valence-corrected chi connectivity index (χ4v) is 3.01. The largest absolute Gasteiger partial charge is 0.368 e. The summed E-state index contributed by atoms with van der Waals surface area (Å²) >= 11 is 12.2. The fraction of sp³-hybridized carbons (Fsp3) is 0.429. The molecule has 1 heterocycles. The van der Waals surface area contributed by atoms with E-state index >= 15 is 4.39 Å². The Morgan fingerprint density at radius 2 is 2.19 bits per heavy atom. The minimum Gasteiger partial charge on any atom is -0.368 e. The van der Waals surface area contributed by atoms with Crippen molar-refractivity contribution in [3.8, 4) is 0 Å². The average Bonchev–Trinajstić information content (AvgIpc) is 2.99. The highest BCUT2D eigenvalue weighted by atomic mass is 35.5. The number of halogens is 3. The standard InChI is InChI=1S/C14H16Cl2FN3O/c1-3-6-14(21-2,13(17)20-9-18-8-19-20)11-5-4-10(15)7-12(11)16/h4-5,7-9,13H,3,6H2,1-2H3. The van der Waals surface area contributed by atoms with Crippen molar-refractivity contribution in [3.05, 3.63) is 46.5 Å². The van der Waals surface area contributed by atoms with Gasteiger partial charge in [-0.3, -0.25) is 0 Å². The maximum Gasteiger partial charge on any atom is 0.226 e. The molecule has 0 aliphatic carbocycles. The Hall–Kier alpha value is -1.17. The van der Waals surface area contributed by atoms with Gasteiger partial charge in [-0.25, -0.2) is 14.1 Å². The van der Waals surface area contributed by atoms with Gasteiger partial charge in [-0.15, -0.1) is 0 Å². The normalized spacial score (nSPS) is 15.7. The molecule has 4 nitrogen and oxygen atoms in total. The summed E-state index contributed by atoms with van der Waals surface area (Å²) in [4.78, 5) is 3.78. The summed E-state index contributed by atoms with van der Waals surface area (Å²) in [5, 5.41) is 4.72. The first-order valence-electron chi connectivity index (χ1n) is 6.54. The number of hydrogen-bond donors (Lipinski definition) is 0. The zero-order valence-corrected chi connectivity index (χ0v) is 13.3. The summed E-state index contributed by atoms with van der Waals surface area (Å²) < 4.78 is 21.8. The Labute approximate surface area is 132 Å². The molecule has 0 aliphatic heterocycles. The van der Waals surface area contributed by atoms with E-state index < -0.39 is 11.9 Å². The van der Waals surface area contributed by atoms with Gasteiger partial charge in [-0.2, -0.15) is 5.10 Å². The Morgan fingerprint density at radius 3 is 2.71 bits per heavy atom. The molecule has 0 spiro atoms. The van der Waals surface area contributed by atoms with E-state index in [-0.39, 0.29) is 0 Å². The third kappa shape index (κ3) is 3.05. The highest BCUT2D eigenvalue weighted by molar-refractivity contribution is 6.35. The van der Waals surface area contributed by atoms with Crippen LogP contribution in [0.1, 0.15) is 31.6 Å². The second kappa shape index (κ2) is 6.73. The molecule has 21 heavy (non-hydrogen) atoms. The number of aromatic nitrogens is 3. The van der Waals surface area contributed by atoms with Gasteiger partial charge in [0.15, 0.2) is 0 Å². The Balaban J connectivity index is 2.55. The van der Waals surface area contributed by atoms with Gasteiger partial charge in [0.2, 0.25) is 6.30 Å². The number of methoxy groups -OCH3 is 1. The molecule has 0 fully saturated rings. The summed E-state index contributed by atoms with van der Waals surface area (Å²) in [7, 11) is 1.46. The molecule has 2 atom stereocenters. The van der Waals surface area contributed by atoms with E-state index in [0.29, 0.717) is 28.5 Å². The number of hydrogen-bond acceptors (Lipinski definition) is 3. The fourth-order valence-electron chi connectivity index (χ4n) is 2.44. The van der Waals surface area contributed by atoms with Crippen LogP contribution in [-0.2, 0) is 10.3 Å². The number of rotatable bonds is 6. The van der Waals surface area contributed by atoms with Crippen LogP contribution in [0.3, 0.4) is 0 Å². The third-order valence-electron chi connectivity index (χ3n) is 3.43. The van der Waals surface area contributed by atoms with Crippen LogP contribution in [0.25, 0.3) is 0 Å². The monoisotopic (exact) mass is 331 g/mol. The molecule has 2 unspecified atom stereocenters. The topological polar surface area (TPSA) is 39.9 Å². The quantitative estimate of drug-likeness (QED) is 0.787. The molecule has 7 heteroatoms. The van der Waals surface area contributed by atoms with Gasteiger partial charge in [0.25, 0.3) is 0 Å². The van der Waals surface area contributed by atoms with E-state index in [9.17, 15) is 0 Å². The van der Waals surface area contributed by atoms with Gasteiger partial charge in [-0.1, -0.05) is 42.6 Å². The molecule has 0 bridgehead atoms. The van der Waals surface area contributed by atoms with Crippen LogP contribution in [0, 0.1) is 0 Å². The first-order valence-corrected chi connectivity index (χ1v) is 7.29. The van der Waals surface area contributed by atoms with Crippen LogP contribution in [-0.4, -0.2) is 21.9 Å². The maximum absolute atomic E-state index is 15.1. The van der Waals surface area contributed by atoms with Gasteiger partial charge in [-0.05, 0) is 18.6 Å². The lowest BCUT2D eigenvalue weighted by Crippen LogP contribution is -2.37. The van der Waals surface area contributed by atoms with E-state index in [2.05, 4.69) is 10.1 Å². The first-order chi connectivity index (χ1) is 10.0. The lowest BCUT2D eigenvalue weighted by Gasteiger charge is -2.36. The lowest BCUT2D eigenvalue weighted by molar-refractivity contribution is -0.116. The lowest BCUT2D eigenvalue weighted by atomic mass is 9.87. The number of ether oxygens (including phenoxy) is 1. The molecule has 0 radical (unpaired) electrons. The zero-order valence-electron chi connectivity index (χ0n) is 11.8. The number of benzene rings is 1. The van der Waals surface area contributed by atoms with Crippen LogP contribution in [0.2, 0.25) is 10.0 Å². The van der Waals surface area contributed by atoms with Crippen molar-refractivity contribution in [2.75, 3.05) is 7.11 Å². The molecular formula is C14H16Cl2FN3O. The van der Waals surface area contributed by atoms with E-state index in [1.165, 1.54) is 19.8 Å². The van der Waals surface area contributed by atoms with Crippen molar-refractivity contribution < 1.29 is 9.13 Å². The van der Waals surface area contributed by atoms with Crippen molar-refractivity contribution in [1.29, 1.82) is 0 Å². The smallest absolute Gasteiger partial charge is 0.226 e. The third-order valence-corrected chi connectivity index (χ3v) is 3.97. The molecule has 0 aliphatic rings. The summed E-state index contributed by atoms with van der Waals surface area (Å²) in [6, 6.07) is 4.93. The molecule has 2 aromatic rings. The minimum absolute atomic E-state index is 0.362. The van der Waals surface area contributed by atoms with Gasteiger partial charge < -0.3 is 4.74 Å². The Morgan fingerprint density at radius 1 is 1.43 bits per heavy atom. The molecule has 114 valence electrons. The Kier molecular flexibility index (Phi) is 5.19. The predicted octanol–water partition coefficient (Wildman–Crippen LogP) is 4.40. The summed E-state index contributed by atoms with van der Waals surface area (Å²) in [6.07, 6.45) is 2.19. The second-order valence-corrected chi connectivity index (χ2v) is 5.52. The first kappa shape index (κ1) is 16.2. The van der Waals surface area contributed by atoms with Crippen LogP contribution in [0.15, 0.2) is 30.9 Å². The van der Waals surface area contributed by atoms with Crippen molar-refractivity contribution >= 4 is 23.2 Å². The van der Waals surface area contributed by atoms with Crippen LogP contribution in [0.4, 0.5) is 4.39 Å². The second-order valence-electron chi connectivity index (χ2n) is 4.68. The summed E-state index contributed by atoms with van der Waals surface area (Å²) in [6.45, 7) is 1.95. The maximum atomic E-state index is 15.1. The van der Waals surface area contributed by atoms with E-state index in [4.69, 9.17) is 27.9 Å². The SMILES string of the molecule is CCCC(OC)(c1ccc(Cl)cc1Cl)C(F)n1cncn1. The van der Waals surface area contributed by atoms with E-state index in [0.717, 1.165) is 4.68 Å². The van der Waals surface area contributed by atoms with Crippen LogP contribution >= 0.6 is 23.2 Å². The molecular weight excluding hydrogens is 316 g/mol. The van der Waals surface area contributed by atoms with E-state index in [1.54, 1.807) is 18.2 Å². The van der Waals surface area contributed by atoms with Gasteiger partial charge in [0.1, 0.15) is 18.3 Å². The van der Waals surface area contributed by atoms with Gasteiger partial charge in [0, 0.05) is 22.7 Å². The average molecular weight is 332 g/mol. The summed E-state index contributed by atoms with van der Waals surface area (Å²) in [5.74, 6) is 0. The highest BCUT2D eigenvalue weighted by Gasteiger charge is 2.44.